The summed E-state index contributed by atoms with van der Waals surface area (Å²) in [5.41, 5.74) is 0. The molecule has 0 spiro atoms. The van der Waals surface area contributed by atoms with Crippen LogP contribution in [0, 0.1) is 5.92 Å². The van der Waals surface area contributed by atoms with Gasteiger partial charge in [0.05, 0.1) is 11.7 Å². The summed E-state index contributed by atoms with van der Waals surface area (Å²) in [6.07, 6.45) is 0. The Kier molecular flexibility index (Phi) is 4.43. The molecule has 2 aromatic rings. The zero-order valence-corrected chi connectivity index (χ0v) is 13.6. The first kappa shape index (κ1) is 14.1. The number of aromatic nitrogens is 2. The van der Waals surface area contributed by atoms with Crippen LogP contribution < -0.4 is 5.32 Å². The summed E-state index contributed by atoms with van der Waals surface area (Å²) in [5.74, 6) is 3.19. The first-order chi connectivity index (χ1) is 9.72. The van der Waals surface area contributed by atoms with Gasteiger partial charge in [-0.15, -0.1) is 11.8 Å². The van der Waals surface area contributed by atoms with Gasteiger partial charge in [0.1, 0.15) is 0 Å². The molecule has 20 heavy (non-hydrogen) atoms. The lowest BCUT2D eigenvalue weighted by Crippen LogP contribution is -2.08. The predicted molar refractivity (Wildman–Crippen MR) is 82.8 cm³/mol. The molecule has 0 radical (unpaired) electrons. The van der Waals surface area contributed by atoms with Gasteiger partial charge in [-0.3, -0.25) is 0 Å². The van der Waals surface area contributed by atoms with Gasteiger partial charge in [-0.05, 0) is 36.7 Å². The Morgan fingerprint density at radius 3 is 2.85 bits per heavy atom. The average molecular weight is 354 g/mol. The number of rotatable bonds is 4. The summed E-state index contributed by atoms with van der Waals surface area (Å²) in [5, 5.41) is 7.44. The Morgan fingerprint density at radius 1 is 1.35 bits per heavy atom. The topological polar surface area (TPSA) is 51.0 Å². The van der Waals surface area contributed by atoms with E-state index in [1.165, 1.54) is 4.90 Å². The minimum Gasteiger partial charge on any atom is -0.339 e. The Hall–Kier alpha value is -0.850. The van der Waals surface area contributed by atoms with Gasteiger partial charge in [-0.1, -0.05) is 28.0 Å². The molecule has 0 saturated carbocycles. The van der Waals surface area contributed by atoms with Gasteiger partial charge in [-0.2, -0.15) is 4.98 Å². The van der Waals surface area contributed by atoms with Crippen molar-refractivity contribution < 1.29 is 4.52 Å². The third-order valence-corrected chi connectivity index (χ3v) is 5.04. The minimum absolute atomic E-state index is 0.355. The smallest absolute Gasteiger partial charge is 0.231 e. The third-order valence-electron chi connectivity index (χ3n) is 3.50. The van der Waals surface area contributed by atoms with E-state index in [0.29, 0.717) is 11.8 Å². The molecule has 3 rings (SSSR count). The van der Waals surface area contributed by atoms with Crippen molar-refractivity contribution in [1.29, 1.82) is 0 Å². The summed E-state index contributed by atoms with van der Waals surface area (Å²) >= 11 is 5.15. The van der Waals surface area contributed by atoms with Crippen molar-refractivity contribution in [3.8, 4) is 0 Å². The Morgan fingerprint density at radius 2 is 2.15 bits per heavy atom. The van der Waals surface area contributed by atoms with Crippen molar-refractivity contribution in [2.75, 3.05) is 13.1 Å². The number of nitrogens with one attached hydrogen (secondary N) is 1. The second-order valence-corrected chi connectivity index (χ2v) is 7.00. The zero-order chi connectivity index (χ0) is 13.9. The number of hydrogen-bond acceptors (Lipinski definition) is 5. The molecule has 6 heteroatoms. The van der Waals surface area contributed by atoms with Crippen molar-refractivity contribution in [1.82, 2.24) is 15.5 Å². The van der Waals surface area contributed by atoms with Crippen LogP contribution in [0.25, 0.3) is 0 Å². The molecule has 2 heterocycles. The maximum absolute atomic E-state index is 5.40. The third kappa shape index (κ3) is 3.24. The van der Waals surface area contributed by atoms with E-state index >= 15 is 0 Å². The highest BCUT2D eigenvalue weighted by molar-refractivity contribution is 9.10. The van der Waals surface area contributed by atoms with Crippen molar-refractivity contribution >= 4 is 27.7 Å². The van der Waals surface area contributed by atoms with Crippen LogP contribution in [-0.2, 0) is 5.75 Å². The summed E-state index contributed by atoms with van der Waals surface area (Å²) < 4.78 is 6.49. The SMILES string of the molecule is C[C@@H]1CNC[C@H]1c1nc(CSc2ccc(Br)cc2)no1. The molecule has 0 aliphatic carbocycles. The van der Waals surface area contributed by atoms with Crippen LogP contribution in [0.15, 0.2) is 38.2 Å². The van der Waals surface area contributed by atoms with Crippen molar-refractivity contribution in [3.05, 3.63) is 40.5 Å². The standard InChI is InChI=1S/C14H16BrN3OS/c1-9-6-16-7-12(9)14-17-13(18-19-14)8-20-11-4-2-10(15)3-5-11/h2-5,9,12,16H,6-8H2,1H3/t9-,12-/m1/s1. The fourth-order valence-electron chi connectivity index (χ4n) is 2.30. The highest BCUT2D eigenvalue weighted by atomic mass is 79.9. The molecular weight excluding hydrogens is 338 g/mol. The monoisotopic (exact) mass is 353 g/mol. The van der Waals surface area contributed by atoms with Crippen molar-refractivity contribution in [2.45, 2.75) is 23.5 Å². The summed E-state index contributed by atoms with van der Waals surface area (Å²) in [6.45, 7) is 4.17. The molecule has 1 saturated heterocycles. The fraction of sp³-hybridized carbons (Fsp3) is 0.429. The highest BCUT2D eigenvalue weighted by Crippen LogP contribution is 2.28. The van der Waals surface area contributed by atoms with Crippen LogP contribution in [-0.4, -0.2) is 23.2 Å². The van der Waals surface area contributed by atoms with Gasteiger partial charge >= 0.3 is 0 Å². The molecule has 106 valence electrons. The largest absolute Gasteiger partial charge is 0.339 e. The van der Waals surface area contributed by atoms with Crippen molar-refractivity contribution in [3.63, 3.8) is 0 Å². The molecule has 1 aliphatic rings. The maximum atomic E-state index is 5.40. The Bertz CT molecular complexity index is 572. The van der Waals surface area contributed by atoms with E-state index in [-0.39, 0.29) is 0 Å². The van der Waals surface area contributed by atoms with E-state index in [4.69, 9.17) is 4.52 Å². The molecule has 1 fully saturated rings. The normalized spacial score (nSPS) is 22.3. The maximum Gasteiger partial charge on any atom is 0.231 e. The number of hydrogen-bond donors (Lipinski definition) is 1. The van der Waals surface area contributed by atoms with Crippen LogP contribution >= 0.6 is 27.7 Å². The summed E-state index contributed by atoms with van der Waals surface area (Å²) in [4.78, 5) is 5.73. The first-order valence-electron chi connectivity index (χ1n) is 6.64. The van der Waals surface area contributed by atoms with Crippen molar-refractivity contribution in [2.24, 2.45) is 5.92 Å². The number of halogens is 1. The molecule has 0 amide bonds. The molecular formula is C14H16BrN3OS. The fourth-order valence-corrected chi connectivity index (χ4v) is 3.30. The zero-order valence-electron chi connectivity index (χ0n) is 11.2. The molecule has 1 aromatic heterocycles. The lowest BCUT2D eigenvalue weighted by molar-refractivity contribution is 0.337. The van der Waals surface area contributed by atoms with E-state index in [0.717, 1.165) is 35.0 Å². The molecule has 1 aliphatic heterocycles. The number of thioether (sulfide) groups is 1. The second-order valence-electron chi connectivity index (χ2n) is 5.03. The molecule has 0 unspecified atom stereocenters. The Balaban J connectivity index is 1.61. The van der Waals surface area contributed by atoms with Crippen LogP contribution in [0.4, 0.5) is 0 Å². The summed E-state index contributed by atoms with van der Waals surface area (Å²) in [6, 6.07) is 8.24. The lowest BCUT2D eigenvalue weighted by atomic mass is 9.98. The van der Waals surface area contributed by atoms with E-state index in [2.05, 4.69) is 50.4 Å². The van der Waals surface area contributed by atoms with Gasteiger partial charge in [0.2, 0.25) is 5.89 Å². The van der Waals surface area contributed by atoms with E-state index in [1.54, 1.807) is 11.8 Å². The van der Waals surface area contributed by atoms with E-state index < -0.39 is 0 Å². The van der Waals surface area contributed by atoms with Gasteiger partial charge < -0.3 is 9.84 Å². The van der Waals surface area contributed by atoms with E-state index in [1.807, 2.05) is 12.1 Å². The van der Waals surface area contributed by atoms with Gasteiger partial charge in [-0.25, -0.2) is 0 Å². The van der Waals surface area contributed by atoms with Crippen LogP contribution in [0.5, 0.6) is 0 Å². The Labute approximate surface area is 130 Å². The molecule has 2 atom stereocenters. The highest BCUT2D eigenvalue weighted by Gasteiger charge is 2.29. The van der Waals surface area contributed by atoms with Crippen LogP contribution in [0.2, 0.25) is 0 Å². The average Bonchev–Trinajstić information content (AvgIpc) is 3.06. The minimum atomic E-state index is 0.355. The first-order valence-corrected chi connectivity index (χ1v) is 8.42. The van der Waals surface area contributed by atoms with Gasteiger partial charge in [0, 0.05) is 15.9 Å². The number of benzene rings is 1. The second kappa shape index (κ2) is 6.28. The summed E-state index contributed by atoms with van der Waals surface area (Å²) in [7, 11) is 0. The van der Waals surface area contributed by atoms with E-state index in [9.17, 15) is 0 Å². The van der Waals surface area contributed by atoms with Gasteiger partial charge in [0.15, 0.2) is 5.82 Å². The molecule has 1 N–H and O–H groups in total. The molecule has 0 bridgehead atoms. The predicted octanol–water partition coefficient (Wildman–Crippen LogP) is 3.45. The van der Waals surface area contributed by atoms with Crippen LogP contribution in [0.1, 0.15) is 24.6 Å². The molecule has 1 aromatic carbocycles. The lowest BCUT2D eigenvalue weighted by Gasteiger charge is -2.07. The van der Waals surface area contributed by atoms with Gasteiger partial charge in [0.25, 0.3) is 0 Å². The number of nitrogens with zero attached hydrogens (tertiary/aromatic N) is 2. The quantitative estimate of drug-likeness (QED) is 0.853. The molecule has 4 nitrogen and oxygen atoms in total. The van der Waals surface area contributed by atoms with Crippen LogP contribution in [0.3, 0.4) is 0 Å².